The van der Waals surface area contributed by atoms with Crippen molar-refractivity contribution in [1.82, 2.24) is 4.57 Å². The molecule has 1 aliphatic heterocycles. The molecule has 2 aromatic heterocycles. The van der Waals surface area contributed by atoms with Crippen molar-refractivity contribution in [2.24, 2.45) is 0 Å². The first kappa shape index (κ1) is 32.8. The number of rotatable bonds is 3. The second-order valence-electron chi connectivity index (χ2n) is 16.9. The molecule has 0 spiro atoms. The topological polar surface area (TPSA) is 8.17 Å². The molecule has 12 rings (SSSR count). The van der Waals surface area contributed by atoms with Gasteiger partial charge in [0, 0.05) is 42.8 Å². The van der Waals surface area contributed by atoms with Gasteiger partial charge in [-0.1, -0.05) is 137 Å². The van der Waals surface area contributed by atoms with Gasteiger partial charge < -0.3 is 9.47 Å². The summed E-state index contributed by atoms with van der Waals surface area (Å²) in [7, 11) is 0. The molecule has 10 aromatic rings. The molecule has 0 unspecified atom stereocenters. The lowest BCUT2D eigenvalue weighted by molar-refractivity contribution is 0.632. The average molecular weight is 749 g/mol. The highest BCUT2D eigenvalue weighted by atomic mass is 32.1. The Morgan fingerprint density at radius 1 is 0.404 bits per heavy atom. The Morgan fingerprint density at radius 3 is 1.93 bits per heavy atom. The fourth-order valence-corrected chi connectivity index (χ4v) is 11.5. The summed E-state index contributed by atoms with van der Waals surface area (Å²) in [6.07, 6.45) is 0. The second kappa shape index (κ2) is 11.6. The molecule has 8 aromatic carbocycles. The van der Waals surface area contributed by atoms with Crippen molar-refractivity contribution >= 4 is 70.4 Å². The average Bonchev–Trinajstić information content (AvgIpc) is 3.86. The van der Waals surface area contributed by atoms with Crippen molar-refractivity contribution in [2.75, 3.05) is 4.90 Å². The second-order valence-corrected chi connectivity index (χ2v) is 18.0. The molecule has 0 fully saturated rings. The molecule has 0 amide bonds. The highest BCUT2D eigenvalue weighted by Gasteiger charge is 2.39. The van der Waals surface area contributed by atoms with Crippen molar-refractivity contribution in [3.8, 4) is 27.9 Å². The first-order valence-electron chi connectivity index (χ1n) is 20.0. The van der Waals surface area contributed by atoms with Crippen LogP contribution in [-0.2, 0) is 10.8 Å². The van der Waals surface area contributed by atoms with Crippen LogP contribution in [0.15, 0.2) is 170 Å². The summed E-state index contributed by atoms with van der Waals surface area (Å²) < 4.78 is 5.13. The summed E-state index contributed by atoms with van der Waals surface area (Å²) in [5.41, 5.74) is 17.7. The van der Waals surface area contributed by atoms with Crippen LogP contribution in [0.1, 0.15) is 49.9 Å². The van der Waals surface area contributed by atoms with E-state index in [0.717, 1.165) is 0 Å². The molecular formula is C54H40N2S. The molecule has 3 heteroatoms. The smallest absolute Gasteiger partial charge is 0.0640 e. The van der Waals surface area contributed by atoms with E-state index in [1.807, 2.05) is 11.3 Å². The van der Waals surface area contributed by atoms with Crippen molar-refractivity contribution < 1.29 is 0 Å². The van der Waals surface area contributed by atoms with Gasteiger partial charge in [-0.05, 0) is 105 Å². The van der Waals surface area contributed by atoms with Gasteiger partial charge in [-0.3, -0.25) is 0 Å². The van der Waals surface area contributed by atoms with Crippen molar-refractivity contribution in [2.45, 2.75) is 38.5 Å². The molecule has 0 saturated carbocycles. The number of nitrogens with zero attached hydrogens (tertiary/aromatic N) is 2. The van der Waals surface area contributed by atoms with Crippen LogP contribution < -0.4 is 4.90 Å². The normalized spacial score (nSPS) is 14.9. The van der Waals surface area contributed by atoms with Crippen LogP contribution in [0.3, 0.4) is 0 Å². The van der Waals surface area contributed by atoms with Crippen LogP contribution >= 0.6 is 11.3 Å². The Balaban J connectivity index is 1.02. The zero-order valence-electron chi connectivity index (χ0n) is 32.5. The van der Waals surface area contributed by atoms with E-state index in [0.29, 0.717) is 0 Å². The Labute approximate surface area is 336 Å². The molecule has 0 saturated heterocycles. The quantitative estimate of drug-likeness (QED) is 0.175. The number of fused-ring (bicyclic) bond motifs is 11. The van der Waals surface area contributed by atoms with E-state index in [1.54, 1.807) is 0 Å². The van der Waals surface area contributed by atoms with Gasteiger partial charge in [0.05, 0.1) is 32.8 Å². The Bertz CT molecular complexity index is 3320. The van der Waals surface area contributed by atoms with Gasteiger partial charge in [0.25, 0.3) is 0 Å². The van der Waals surface area contributed by atoms with Gasteiger partial charge in [-0.2, -0.15) is 0 Å². The molecule has 57 heavy (non-hydrogen) atoms. The highest BCUT2D eigenvalue weighted by molar-refractivity contribution is 7.26. The van der Waals surface area contributed by atoms with Gasteiger partial charge in [-0.15, -0.1) is 11.3 Å². The van der Waals surface area contributed by atoms with E-state index in [4.69, 9.17) is 0 Å². The SMILES string of the molecule is CC1(C)c2ccccc2-c2ccc(N3c4ccccc4C(C)(C)c4cc(-c5ccc6c(c5)c5ccccc5n6-c5cccc6c5sc5ccccc56)ccc43)cc21. The lowest BCUT2D eigenvalue weighted by Gasteiger charge is -2.42. The van der Waals surface area contributed by atoms with Gasteiger partial charge in [-0.25, -0.2) is 0 Å². The summed E-state index contributed by atoms with van der Waals surface area (Å²) in [5, 5.41) is 5.18. The maximum Gasteiger partial charge on any atom is 0.0640 e. The van der Waals surface area contributed by atoms with E-state index >= 15 is 0 Å². The Hall–Kier alpha value is -6.42. The number of anilines is 3. The molecule has 0 atom stereocenters. The van der Waals surface area contributed by atoms with Crippen molar-refractivity contribution in [1.29, 1.82) is 0 Å². The maximum atomic E-state index is 2.50. The maximum absolute atomic E-state index is 2.50. The molecule has 2 aliphatic rings. The van der Waals surface area contributed by atoms with E-state index in [-0.39, 0.29) is 10.8 Å². The first-order valence-corrected chi connectivity index (χ1v) is 20.8. The van der Waals surface area contributed by atoms with E-state index in [9.17, 15) is 0 Å². The Morgan fingerprint density at radius 2 is 1.04 bits per heavy atom. The zero-order chi connectivity index (χ0) is 38.2. The number of hydrogen-bond donors (Lipinski definition) is 0. The van der Waals surface area contributed by atoms with E-state index in [2.05, 4.69) is 207 Å². The molecule has 0 N–H and O–H groups in total. The van der Waals surface area contributed by atoms with Crippen molar-refractivity contribution in [3.63, 3.8) is 0 Å². The molecular weight excluding hydrogens is 709 g/mol. The third kappa shape index (κ3) is 4.46. The number of para-hydroxylation sites is 2. The standard InChI is InChI=1S/C54H40N2S/c1-53(2)42-18-8-5-14-36(42)37-27-26-35(32-44(37)53)55-48-21-11-9-19-43(48)54(3,4)45-31-34(25-29-49(45)55)33-24-28-47-41(30-33)38-15-6-10-20-46(38)56(47)50-22-13-17-40-39-16-7-12-23-51(39)57-52(40)50/h5-32H,1-4H3. The molecule has 1 aliphatic carbocycles. The predicted octanol–water partition coefficient (Wildman–Crippen LogP) is 15.2. The fourth-order valence-electron chi connectivity index (χ4n) is 10.3. The lowest BCUT2D eigenvalue weighted by Crippen LogP contribution is -2.30. The van der Waals surface area contributed by atoms with E-state index in [1.165, 1.54) is 109 Å². The van der Waals surface area contributed by atoms with Crippen LogP contribution in [0, 0.1) is 0 Å². The molecule has 0 bridgehead atoms. The summed E-state index contributed by atoms with van der Waals surface area (Å²) in [5.74, 6) is 0. The first-order chi connectivity index (χ1) is 27.8. The fraction of sp³-hybridized carbons (Fsp3) is 0.111. The molecule has 2 nitrogen and oxygen atoms in total. The van der Waals surface area contributed by atoms with Gasteiger partial charge in [0.1, 0.15) is 0 Å². The van der Waals surface area contributed by atoms with Gasteiger partial charge >= 0.3 is 0 Å². The summed E-state index contributed by atoms with van der Waals surface area (Å²) in [6, 6.07) is 63.7. The number of thiophene rings is 1. The lowest BCUT2D eigenvalue weighted by atomic mass is 9.72. The summed E-state index contributed by atoms with van der Waals surface area (Å²) >= 11 is 1.89. The van der Waals surface area contributed by atoms with Gasteiger partial charge in [0.2, 0.25) is 0 Å². The summed E-state index contributed by atoms with van der Waals surface area (Å²) in [6.45, 7) is 9.51. The largest absolute Gasteiger partial charge is 0.310 e. The predicted molar refractivity (Wildman–Crippen MR) is 243 cm³/mol. The van der Waals surface area contributed by atoms with Crippen molar-refractivity contribution in [3.05, 3.63) is 192 Å². The molecule has 3 heterocycles. The summed E-state index contributed by atoms with van der Waals surface area (Å²) in [4.78, 5) is 2.50. The third-order valence-electron chi connectivity index (χ3n) is 13.2. The third-order valence-corrected chi connectivity index (χ3v) is 14.4. The monoisotopic (exact) mass is 748 g/mol. The molecule has 0 radical (unpaired) electrons. The minimum absolute atomic E-state index is 0.0741. The van der Waals surface area contributed by atoms with E-state index < -0.39 is 0 Å². The minimum Gasteiger partial charge on any atom is -0.310 e. The highest BCUT2D eigenvalue weighted by Crippen LogP contribution is 2.55. The van der Waals surface area contributed by atoms with Crippen LogP contribution in [-0.4, -0.2) is 4.57 Å². The van der Waals surface area contributed by atoms with Crippen LogP contribution in [0.25, 0.3) is 69.9 Å². The number of hydrogen-bond acceptors (Lipinski definition) is 2. The zero-order valence-corrected chi connectivity index (χ0v) is 33.3. The number of aromatic nitrogens is 1. The Kier molecular flexibility index (Phi) is 6.65. The minimum atomic E-state index is -0.201. The van der Waals surface area contributed by atoms with Crippen LogP contribution in [0.2, 0.25) is 0 Å². The number of benzene rings is 8. The van der Waals surface area contributed by atoms with Crippen LogP contribution in [0.5, 0.6) is 0 Å². The molecule has 272 valence electrons. The van der Waals surface area contributed by atoms with Gasteiger partial charge in [0.15, 0.2) is 0 Å². The van der Waals surface area contributed by atoms with Crippen LogP contribution in [0.4, 0.5) is 17.1 Å².